The van der Waals surface area contributed by atoms with Gasteiger partial charge in [0.2, 0.25) is 10.0 Å². The quantitative estimate of drug-likeness (QED) is 0.837. The van der Waals surface area contributed by atoms with Gasteiger partial charge in [-0.05, 0) is 24.1 Å². The summed E-state index contributed by atoms with van der Waals surface area (Å²) >= 11 is 3.23. The molecule has 0 saturated heterocycles. The maximum absolute atomic E-state index is 11.4. The number of benzene rings is 1. The summed E-state index contributed by atoms with van der Waals surface area (Å²) in [6.45, 7) is 0. The number of carbonyl (C=O) groups is 1. The van der Waals surface area contributed by atoms with Gasteiger partial charge >= 0.3 is 5.97 Å². The molecule has 0 fully saturated rings. The van der Waals surface area contributed by atoms with E-state index in [1.165, 1.54) is 19.2 Å². The average molecular weight is 338 g/mol. The Hall–Kier alpha value is -1.12. The molecule has 0 saturated carbocycles. The third-order valence-corrected chi connectivity index (χ3v) is 3.92. The first kappa shape index (κ1) is 14.9. The van der Waals surface area contributed by atoms with Crippen LogP contribution >= 0.6 is 15.9 Å². The monoisotopic (exact) mass is 337 g/mol. The first-order valence-electron chi connectivity index (χ1n) is 4.86. The van der Waals surface area contributed by atoms with E-state index in [0.29, 0.717) is 10.0 Å². The molecule has 1 rings (SSSR count). The Morgan fingerprint density at radius 3 is 2.56 bits per heavy atom. The number of hydrogen-bond acceptors (Lipinski definition) is 4. The first-order valence-corrected chi connectivity index (χ1v) is 7.20. The highest BCUT2D eigenvalue weighted by molar-refractivity contribution is 9.10. The van der Waals surface area contributed by atoms with Crippen LogP contribution < -0.4 is 9.88 Å². The summed E-state index contributed by atoms with van der Waals surface area (Å²) in [7, 11) is -2.59. The lowest BCUT2D eigenvalue weighted by Gasteiger charge is -2.11. The van der Waals surface area contributed by atoms with Gasteiger partial charge in [-0.2, -0.15) is 0 Å². The molecule has 0 aliphatic heterocycles. The zero-order chi connectivity index (χ0) is 13.9. The second-order valence-electron chi connectivity index (χ2n) is 3.53. The normalized spacial score (nSPS) is 11.3. The van der Waals surface area contributed by atoms with E-state index in [1.54, 1.807) is 0 Å². The van der Waals surface area contributed by atoms with E-state index in [0.717, 1.165) is 0 Å². The number of halogens is 1. The minimum Gasteiger partial charge on any atom is -0.495 e. The second-order valence-corrected chi connectivity index (χ2v) is 5.92. The fourth-order valence-corrected chi connectivity index (χ4v) is 2.64. The average Bonchev–Trinajstić information content (AvgIpc) is 2.25. The molecule has 0 amide bonds. The van der Waals surface area contributed by atoms with Crippen LogP contribution in [0.5, 0.6) is 5.75 Å². The second kappa shape index (κ2) is 5.68. The topological polar surface area (TPSA) is 107 Å². The van der Waals surface area contributed by atoms with E-state index in [-0.39, 0.29) is 23.5 Å². The molecule has 18 heavy (non-hydrogen) atoms. The number of sulfonamides is 1. The zero-order valence-corrected chi connectivity index (χ0v) is 11.9. The Balaban J connectivity index is 3.26. The van der Waals surface area contributed by atoms with E-state index >= 15 is 0 Å². The number of carboxylic acids is 1. The highest BCUT2D eigenvalue weighted by Gasteiger charge is 2.18. The number of nitrogens with two attached hydrogens (primary N) is 1. The summed E-state index contributed by atoms with van der Waals surface area (Å²) < 4.78 is 28.3. The van der Waals surface area contributed by atoms with E-state index < -0.39 is 16.0 Å². The predicted octanol–water partition coefficient (Wildman–Crippen LogP) is 1.12. The maximum Gasteiger partial charge on any atom is 0.303 e. The Bertz CT molecular complexity index is 570. The van der Waals surface area contributed by atoms with E-state index in [9.17, 15) is 13.2 Å². The minimum absolute atomic E-state index is 0.102. The van der Waals surface area contributed by atoms with Gasteiger partial charge in [0.1, 0.15) is 10.6 Å². The molecule has 8 heteroatoms. The molecule has 1 aromatic carbocycles. The van der Waals surface area contributed by atoms with Gasteiger partial charge in [-0.15, -0.1) is 0 Å². The highest BCUT2D eigenvalue weighted by Crippen LogP contribution is 2.30. The van der Waals surface area contributed by atoms with Gasteiger partial charge in [-0.1, -0.05) is 15.9 Å². The van der Waals surface area contributed by atoms with Crippen molar-refractivity contribution in [1.82, 2.24) is 0 Å². The lowest BCUT2D eigenvalue weighted by atomic mass is 10.1. The van der Waals surface area contributed by atoms with Gasteiger partial charge in [-0.3, -0.25) is 4.79 Å². The Morgan fingerprint density at radius 2 is 2.11 bits per heavy atom. The lowest BCUT2D eigenvalue weighted by molar-refractivity contribution is -0.136. The van der Waals surface area contributed by atoms with Crippen molar-refractivity contribution in [2.45, 2.75) is 17.7 Å². The van der Waals surface area contributed by atoms with Crippen LogP contribution in [0.3, 0.4) is 0 Å². The Morgan fingerprint density at radius 1 is 1.50 bits per heavy atom. The summed E-state index contributed by atoms with van der Waals surface area (Å²) in [6.07, 6.45) is 0.0947. The van der Waals surface area contributed by atoms with Gasteiger partial charge in [-0.25, -0.2) is 13.6 Å². The van der Waals surface area contributed by atoms with Crippen LogP contribution in [0.2, 0.25) is 0 Å². The minimum atomic E-state index is -3.92. The smallest absolute Gasteiger partial charge is 0.303 e. The van der Waals surface area contributed by atoms with Crippen molar-refractivity contribution >= 4 is 31.9 Å². The molecule has 0 spiro atoms. The summed E-state index contributed by atoms with van der Waals surface area (Å²) in [6, 6.07) is 2.78. The number of aryl methyl sites for hydroxylation is 1. The van der Waals surface area contributed by atoms with Crippen molar-refractivity contribution in [3.63, 3.8) is 0 Å². The van der Waals surface area contributed by atoms with Crippen LogP contribution in [0.15, 0.2) is 21.5 Å². The predicted molar refractivity (Wildman–Crippen MR) is 68.0 cm³/mol. The summed E-state index contributed by atoms with van der Waals surface area (Å²) in [5.74, 6) is -0.849. The number of aliphatic carboxylic acids is 1. The fourth-order valence-electron chi connectivity index (χ4n) is 1.39. The first-order chi connectivity index (χ1) is 8.25. The molecule has 0 heterocycles. The van der Waals surface area contributed by atoms with Crippen molar-refractivity contribution in [1.29, 1.82) is 0 Å². The van der Waals surface area contributed by atoms with Crippen LogP contribution in [0, 0.1) is 0 Å². The van der Waals surface area contributed by atoms with Crippen LogP contribution in [-0.4, -0.2) is 26.6 Å². The van der Waals surface area contributed by atoms with E-state index in [4.69, 9.17) is 15.0 Å². The molecule has 1 aromatic rings. The molecule has 0 atom stereocenters. The standard InChI is InChI=1S/C10H12BrNO5S/c1-17-8-5-7(11)6(2-3-10(13)14)4-9(8)18(12,15)16/h4-5H,2-3H2,1H3,(H,13,14)(H2,12,15,16). The van der Waals surface area contributed by atoms with Gasteiger partial charge in [0, 0.05) is 10.9 Å². The number of hydrogen-bond donors (Lipinski definition) is 2. The van der Waals surface area contributed by atoms with Crippen LogP contribution in [0.1, 0.15) is 12.0 Å². The molecular weight excluding hydrogens is 326 g/mol. The Labute approximate surface area is 113 Å². The van der Waals surface area contributed by atoms with Crippen molar-refractivity contribution in [2.75, 3.05) is 7.11 Å². The summed E-state index contributed by atoms with van der Waals surface area (Å²) in [4.78, 5) is 10.3. The van der Waals surface area contributed by atoms with Gasteiger partial charge < -0.3 is 9.84 Å². The molecule has 0 bridgehead atoms. The third-order valence-electron chi connectivity index (χ3n) is 2.25. The molecule has 0 aromatic heterocycles. The molecule has 3 N–H and O–H groups in total. The number of ether oxygens (including phenoxy) is 1. The molecule has 100 valence electrons. The molecule has 0 aliphatic rings. The van der Waals surface area contributed by atoms with E-state index in [2.05, 4.69) is 15.9 Å². The SMILES string of the molecule is COc1cc(Br)c(CCC(=O)O)cc1S(N)(=O)=O. The highest BCUT2D eigenvalue weighted by atomic mass is 79.9. The molecule has 0 radical (unpaired) electrons. The largest absolute Gasteiger partial charge is 0.495 e. The molecular formula is C10H12BrNO5S. The number of rotatable bonds is 5. The molecule has 0 unspecified atom stereocenters. The third kappa shape index (κ3) is 3.69. The number of methoxy groups -OCH3 is 1. The summed E-state index contributed by atoms with van der Waals surface area (Å²) in [5, 5.41) is 13.7. The van der Waals surface area contributed by atoms with Gasteiger partial charge in [0.05, 0.1) is 7.11 Å². The van der Waals surface area contributed by atoms with E-state index in [1.807, 2.05) is 0 Å². The lowest BCUT2D eigenvalue weighted by Crippen LogP contribution is -2.14. The van der Waals surface area contributed by atoms with Crippen molar-refractivity contribution in [2.24, 2.45) is 5.14 Å². The molecule has 0 aliphatic carbocycles. The molecule has 6 nitrogen and oxygen atoms in total. The Kier molecular flexibility index (Phi) is 4.71. The van der Waals surface area contributed by atoms with Gasteiger partial charge in [0.25, 0.3) is 0 Å². The summed E-state index contributed by atoms with van der Waals surface area (Å²) in [5.41, 5.74) is 0.544. The van der Waals surface area contributed by atoms with Gasteiger partial charge in [0.15, 0.2) is 0 Å². The maximum atomic E-state index is 11.4. The number of primary sulfonamides is 1. The van der Waals surface area contributed by atoms with Crippen LogP contribution in [-0.2, 0) is 21.2 Å². The van der Waals surface area contributed by atoms with Crippen molar-refractivity contribution in [3.05, 3.63) is 22.2 Å². The van der Waals surface area contributed by atoms with Crippen LogP contribution in [0.25, 0.3) is 0 Å². The van der Waals surface area contributed by atoms with Crippen LogP contribution in [0.4, 0.5) is 0 Å². The number of carboxylic acid groups (broad SMARTS) is 1. The van der Waals surface area contributed by atoms with Crippen molar-refractivity contribution in [3.8, 4) is 5.75 Å². The van der Waals surface area contributed by atoms with Crippen molar-refractivity contribution < 1.29 is 23.1 Å². The fraction of sp³-hybridized carbons (Fsp3) is 0.300. The zero-order valence-electron chi connectivity index (χ0n) is 9.51.